The fourth-order valence-electron chi connectivity index (χ4n) is 0.750. The molecule has 2 nitrogen and oxygen atoms in total. The number of rotatable bonds is 2. The van der Waals surface area contributed by atoms with E-state index in [1.165, 1.54) is 0 Å². The van der Waals surface area contributed by atoms with E-state index in [-0.39, 0.29) is 11.9 Å². The molecule has 0 atom stereocenters. The normalized spacial score (nSPS) is 15.4. The van der Waals surface area contributed by atoms with Gasteiger partial charge in [-0.05, 0) is 6.08 Å². The molecule has 0 amide bonds. The van der Waals surface area contributed by atoms with Gasteiger partial charge in [0.1, 0.15) is 5.76 Å². The first kappa shape index (κ1) is 8.05. The highest BCUT2D eigenvalue weighted by Crippen LogP contribution is 2.13. The average molecular weight is 152 g/mol. The third-order valence-electron chi connectivity index (χ3n) is 1.44. The fourth-order valence-corrected chi connectivity index (χ4v) is 0.750. The zero-order valence-corrected chi connectivity index (χ0v) is 6.83. The molecule has 2 heteroatoms. The Balaban J connectivity index is 2.37. The molecular formula is C9H12O2. The zero-order chi connectivity index (χ0) is 8.27. The van der Waals surface area contributed by atoms with E-state index in [0.29, 0.717) is 0 Å². The second kappa shape index (κ2) is 3.37. The lowest BCUT2D eigenvalue weighted by atomic mass is 10.2. The maximum atomic E-state index is 11.0. The summed E-state index contributed by atoms with van der Waals surface area (Å²) in [6, 6.07) is 0. The second-order valence-corrected chi connectivity index (χ2v) is 2.84. The van der Waals surface area contributed by atoms with Crippen LogP contribution in [0.1, 0.15) is 20.3 Å². The number of ether oxygens (including phenoxy) is 1. The van der Waals surface area contributed by atoms with Gasteiger partial charge < -0.3 is 4.74 Å². The number of carbonyl (C=O) groups excluding carboxylic acids is 1. The van der Waals surface area contributed by atoms with Crippen molar-refractivity contribution in [1.82, 2.24) is 0 Å². The van der Waals surface area contributed by atoms with Crippen LogP contribution in [0.25, 0.3) is 0 Å². The van der Waals surface area contributed by atoms with Crippen LogP contribution in [-0.4, -0.2) is 5.97 Å². The van der Waals surface area contributed by atoms with E-state index in [1.807, 2.05) is 32.1 Å². The minimum absolute atomic E-state index is 0.0449. The van der Waals surface area contributed by atoms with Gasteiger partial charge in [-0.15, -0.1) is 0 Å². The summed E-state index contributed by atoms with van der Waals surface area (Å²) in [6.45, 7) is 3.65. The van der Waals surface area contributed by atoms with Gasteiger partial charge >= 0.3 is 5.97 Å². The van der Waals surface area contributed by atoms with E-state index >= 15 is 0 Å². The molecule has 11 heavy (non-hydrogen) atoms. The SMILES string of the molecule is CC(C)C(=O)OC1=CC=CC1. The molecular weight excluding hydrogens is 140 g/mol. The van der Waals surface area contributed by atoms with Gasteiger partial charge in [-0.2, -0.15) is 0 Å². The van der Waals surface area contributed by atoms with Crippen LogP contribution in [-0.2, 0) is 9.53 Å². The van der Waals surface area contributed by atoms with E-state index < -0.39 is 0 Å². The summed E-state index contributed by atoms with van der Waals surface area (Å²) < 4.78 is 5.03. The number of hydrogen-bond acceptors (Lipinski definition) is 2. The van der Waals surface area contributed by atoms with Crippen molar-refractivity contribution in [1.29, 1.82) is 0 Å². The molecule has 0 unspecified atom stereocenters. The highest BCUT2D eigenvalue weighted by atomic mass is 16.5. The molecule has 0 aromatic carbocycles. The van der Waals surface area contributed by atoms with Crippen molar-refractivity contribution in [3.05, 3.63) is 24.0 Å². The largest absolute Gasteiger partial charge is 0.431 e. The molecule has 1 aliphatic carbocycles. The zero-order valence-electron chi connectivity index (χ0n) is 6.83. The first-order chi connectivity index (χ1) is 5.20. The molecule has 0 fully saturated rings. The summed E-state index contributed by atoms with van der Waals surface area (Å²) >= 11 is 0. The molecule has 0 aromatic heterocycles. The van der Waals surface area contributed by atoms with Crippen LogP contribution in [0.5, 0.6) is 0 Å². The fraction of sp³-hybridized carbons (Fsp3) is 0.444. The minimum atomic E-state index is -0.153. The van der Waals surface area contributed by atoms with Crippen molar-refractivity contribution < 1.29 is 9.53 Å². The van der Waals surface area contributed by atoms with E-state index in [2.05, 4.69) is 0 Å². The first-order valence-corrected chi connectivity index (χ1v) is 3.77. The Bertz CT molecular complexity index is 212. The van der Waals surface area contributed by atoms with Crippen molar-refractivity contribution in [2.75, 3.05) is 0 Å². The van der Waals surface area contributed by atoms with E-state index in [1.54, 1.807) is 0 Å². The molecule has 0 saturated carbocycles. The molecule has 0 N–H and O–H groups in total. The Morgan fingerprint density at radius 1 is 1.64 bits per heavy atom. The Morgan fingerprint density at radius 2 is 2.36 bits per heavy atom. The number of esters is 1. The van der Waals surface area contributed by atoms with Crippen LogP contribution in [0.2, 0.25) is 0 Å². The van der Waals surface area contributed by atoms with E-state index in [9.17, 15) is 4.79 Å². The van der Waals surface area contributed by atoms with Gasteiger partial charge in [0, 0.05) is 6.42 Å². The lowest BCUT2D eigenvalue weighted by molar-refractivity contribution is -0.143. The van der Waals surface area contributed by atoms with Gasteiger partial charge in [-0.3, -0.25) is 4.79 Å². The Hall–Kier alpha value is -1.05. The molecule has 0 radical (unpaired) electrons. The van der Waals surface area contributed by atoms with Gasteiger partial charge in [-0.25, -0.2) is 0 Å². The Morgan fingerprint density at radius 3 is 2.82 bits per heavy atom. The summed E-state index contributed by atoms with van der Waals surface area (Å²) in [5.74, 6) is 0.556. The molecule has 0 heterocycles. The first-order valence-electron chi connectivity index (χ1n) is 3.77. The standard InChI is InChI=1S/C9H12O2/c1-7(2)9(10)11-8-5-3-4-6-8/h3-5,7H,6H2,1-2H3. The van der Waals surface area contributed by atoms with E-state index in [0.717, 1.165) is 12.2 Å². The average Bonchev–Trinajstić information content (AvgIpc) is 2.39. The molecule has 0 spiro atoms. The number of carbonyl (C=O) groups is 1. The lowest BCUT2D eigenvalue weighted by Gasteiger charge is -2.05. The summed E-state index contributed by atoms with van der Waals surface area (Å²) in [5, 5.41) is 0. The van der Waals surface area contributed by atoms with Crippen molar-refractivity contribution in [3.8, 4) is 0 Å². The second-order valence-electron chi connectivity index (χ2n) is 2.84. The van der Waals surface area contributed by atoms with Gasteiger partial charge in [-0.1, -0.05) is 26.0 Å². The summed E-state index contributed by atoms with van der Waals surface area (Å²) in [5.41, 5.74) is 0. The van der Waals surface area contributed by atoms with Crippen molar-refractivity contribution in [2.45, 2.75) is 20.3 Å². The van der Waals surface area contributed by atoms with Crippen LogP contribution in [0, 0.1) is 5.92 Å². The van der Waals surface area contributed by atoms with Crippen LogP contribution in [0.15, 0.2) is 24.0 Å². The van der Waals surface area contributed by atoms with Crippen LogP contribution in [0.3, 0.4) is 0 Å². The van der Waals surface area contributed by atoms with Crippen LogP contribution < -0.4 is 0 Å². The smallest absolute Gasteiger partial charge is 0.313 e. The third-order valence-corrected chi connectivity index (χ3v) is 1.44. The molecule has 0 aliphatic heterocycles. The number of allylic oxidation sites excluding steroid dienone is 3. The molecule has 0 saturated heterocycles. The van der Waals surface area contributed by atoms with Crippen molar-refractivity contribution >= 4 is 5.97 Å². The van der Waals surface area contributed by atoms with Gasteiger partial charge in [0.25, 0.3) is 0 Å². The monoisotopic (exact) mass is 152 g/mol. The maximum Gasteiger partial charge on any atom is 0.313 e. The van der Waals surface area contributed by atoms with Gasteiger partial charge in [0.2, 0.25) is 0 Å². The third kappa shape index (κ3) is 2.22. The summed E-state index contributed by atoms with van der Waals surface area (Å²) in [4.78, 5) is 11.0. The number of hydrogen-bond donors (Lipinski definition) is 0. The molecule has 1 aliphatic rings. The maximum absolute atomic E-state index is 11.0. The highest BCUT2D eigenvalue weighted by Gasteiger charge is 2.11. The van der Waals surface area contributed by atoms with Crippen LogP contribution in [0.4, 0.5) is 0 Å². The van der Waals surface area contributed by atoms with Crippen LogP contribution >= 0.6 is 0 Å². The van der Waals surface area contributed by atoms with E-state index in [4.69, 9.17) is 4.74 Å². The predicted molar refractivity (Wildman–Crippen MR) is 42.8 cm³/mol. The highest BCUT2D eigenvalue weighted by molar-refractivity contribution is 5.72. The molecule has 60 valence electrons. The van der Waals surface area contributed by atoms with Gasteiger partial charge in [0.05, 0.1) is 5.92 Å². The lowest BCUT2D eigenvalue weighted by Crippen LogP contribution is -2.10. The summed E-state index contributed by atoms with van der Waals surface area (Å²) in [6.07, 6.45) is 6.42. The van der Waals surface area contributed by atoms with Gasteiger partial charge in [0.15, 0.2) is 0 Å². The predicted octanol–water partition coefficient (Wildman–Crippen LogP) is 2.03. The summed E-state index contributed by atoms with van der Waals surface area (Å²) in [7, 11) is 0. The van der Waals surface area contributed by atoms with Crippen molar-refractivity contribution in [2.24, 2.45) is 5.92 Å². The molecule has 0 bridgehead atoms. The quantitative estimate of drug-likeness (QED) is 0.566. The Labute approximate surface area is 66.5 Å². The Kier molecular flexibility index (Phi) is 2.47. The molecule has 0 aromatic rings. The topological polar surface area (TPSA) is 26.3 Å². The molecule has 1 rings (SSSR count). The van der Waals surface area contributed by atoms with Crippen molar-refractivity contribution in [3.63, 3.8) is 0 Å². The minimum Gasteiger partial charge on any atom is -0.431 e.